The number of nitrogens with zero attached hydrogens (tertiary/aromatic N) is 4. The van der Waals surface area contributed by atoms with Crippen molar-refractivity contribution in [2.75, 3.05) is 36.5 Å². The van der Waals surface area contributed by atoms with Gasteiger partial charge in [-0.3, -0.25) is 9.79 Å². The Hall–Kier alpha value is -5.42. The predicted octanol–water partition coefficient (Wildman–Crippen LogP) is 7.70. The SMILES string of the molecule is C=CN=C(Nc1ccc(OC2=CC(C)=NC=NCC(=C)C=C2)c(C)c1)c1cc2c(cc1C)OC[C@@H]1CN2CCC=C1CCC(=O)C#CC. The second-order valence-electron chi connectivity index (χ2n) is 12.1. The number of aliphatic imine (C=N–C) groups is 3. The topological polar surface area (TPSA) is 87.9 Å². The number of anilines is 2. The van der Waals surface area contributed by atoms with Crippen LogP contribution in [0.3, 0.4) is 0 Å². The summed E-state index contributed by atoms with van der Waals surface area (Å²) < 4.78 is 12.7. The first-order valence-corrected chi connectivity index (χ1v) is 16.3. The van der Waals surface area contributed by atoms with E-state index in [4.69, 9.17) is 9.47 Å². The number of Topliss-reactive ketones (excluding diaryl/α,β-unsaturated/α-hetero) is 1. The van der Waals surface area contributed by atoms with Crippen molar-refractivity contribution in [3.05, 3.63) is 108 Å². The standard InChI is InChI=1S/C40H43N5O3/c1-7-10-34(46)15-13-31-11-9-18-45-24-32(31)25-47-39-20-28(4)36(22-37(39)45)40(42-8-2)44-33-14-17-38(29(5)19-33)48-35-16-12-27(3)23-41-26-43-30(6)21-35/h8,11-12,14,16-17,19-22,26,32H,2-3,9,13,15,18,23-25H2,1,4-6H3,(H,42,44)/t32-/m0/s1. The normalized spacial score (nSPS) is 17.6. The maximum atomic E-state index is 12.1. The zero-order valence-corrected chi connectivity index (χ0v) is 28.3. The number of amidine groups is 1. The van der Waals surface area contributed by atoms with Crippen molar-refractivity contribution in [3.8, 4) is 23.3 Å². The molecule has 246 valence electrons. The Bertz CT molecular complexity index is 1850. The second-order valence-corrected chi connectivity index (χ2v) is 12.1. The average Bonchev–Trinajstić information content (AvgIpc) is 3.37. The fourth-order valence-corrected chi connectivity index (χ4v) is 5.93. The van der Waals surface area contributed by atoms with Crippen LogP contribution >= 0.6 is 0 Å². The third kappa shape index (κ3) is 8.68. The van der Waals surface area contributed by atoms with Gasteiger partial charge in [0.15, 0.2) is 0 Å². The van der Waals surface area contributed by atoms with Crippen LogP contribution in [-0.4, -0.2) is 49.9 Å². The minimum absolute atomic E-state index is 0.0146. The predicted molar refractivity (Wildman–Crippen MR) is 198 cm³/mol. The van der Waals surface area contributed by atoms with Crippen molar-refractivity contribution in [2.45, 2.75) is 47.0 Å². The molecule has 48 heavy (non-hydrogen) atoms. The van der Waals surface area contributed by atoms with E-state index in [0.29, 0.717) is 37.6 Å². The number of allylic oxidation sites excluding steroid dienone is 2. The Morgan fingerprint density at radius 3 is 2.85 bits per heavy atom. The first-order chi connectivity index (χ1) is 23.2. The third-order valence-electron chi connectivity index (χ3n) is 8.38. The van der Waals surface area contributed by atoms with E-state index in [1.54, 1.807) is 19.5 Å². The molecule has 0 amide bonds. The zero-order valence-electron chi connectivity index (χ0n) is 28.3. The number of ether oxygens (including phenoxy) is 2. The minimum Gasteiger partial charge on any atom is -0.491 e. The maximum absolute atomic E-state index is 12.1. The molecule has 5 rings (SSSR count). The van der Waals surface area contributed by atoms with E-state index in [1.807, 2.05) is 50.3 Å². The minimum atomic E-state index is -0.0146. The summed E-state index contributed by atoms with van der Waals surface area (Å²) >= 11 is 0. The summed E-state index contributed by atoms with van der Waals surface area (Å²) in [6, 6.07) is 10.2. The number of hydrogen-bond acceptors (Lipinski definition) is 7. The highest BCUT2D eigenvalue weighted by molar-refractivity contribution is 6.10. The van der Waals surface area contributed by atoms with Crippen LogP contribution in [0.2, 0.25) is 0 Å². The summed E-state index contributed by atoms with van der Waals surface area (Å²) in [5.41, 5.74) is 7.79. The number of carbonyl (C=O) groups excluding carboxylic acids is 1. The largest absolute Gasteiger partial charge is 0.491 e. The van der Waals surface area contributed by atoms with Gasteiger partial charge < -0.3 is 19.7 Å². The van der Waals surface area contributed by atoms with Gasteiger partial charge in [0.25, 0.3) is 0 Å². The molecule has 2 aromatic carbocycles. The van der Waals surface area contributed by atoms with Gasteiger partial charge in [-0.1, -0.05) is 36.8 Å². The van der Waals surface area contributed by atoms with Crippen LogP contribution in [0.5, 0.6) is 11.5 Å². The monoisotopic (exact) mass is 641 g/mol. The Morgan fingerprint density at radius 2 is 2.06 bits per heavy atom. The molecule has 3 heterocycles. The Kier molecular flexibility index (Phi) is 11.3. The molecule has 2 bridgehead atoms. The molecule has 0 spiro atoms. The molecular formula is C40H43N5O3. The highest BCUT2D eigenvalue weighted by atomic mass is 16.5. The summed E-state index contributed by atoms with van der Waals surface area (Å²) in [7, 11) is 0. The van der Waals surface area contributed by atoms with Gasteiger partial charge in [0.1, 0.15) is 29.4 Å². The van der Waals surface area contributed by atoms with Crippen molar-refractivity contribution >= 4 is 35.0 Å². The van der Waals surface area contributed by atoms with Crippen molar-refractivity contribution in [1.29, 1.82) is 0 Å². The Labute approximate surface area is 284 Å². The zero-order chi connectivity index (χ0) is 34.0. The lowest BCUT2D eigenvalue weighted by Crippen LogP contribution is -2.29. The molecular weight excluding hydrogens is 598 g/mol. The van der Waals surface area contributed by atoms with Gasteiger partial charge in [-0.15, -0.1) is 0 Å². The molecule has 3 aliphatic rings. The molecule has 0 fully saturated rings. The van der Waals surface area contributed by atoms with Gasteiger partial charge in [0.2, 0.25) is 5.78 Å². The number of fused-ring (bicyclic) bond motifs is 4. The van der Waals surface area contributed by atoms with Crippen molar-refractivity contribution in [3.63, 3.8) is 0 Å². The quantitative estimate of drug-likeness (QED) is 0.105. The lowest BCUT2D eigenvalue weighted by Gasteiger charge is -2.25. The van der Waals surface area contributed by atoms with Crippen LogP contribution in [0, 0.1) is 31.6 Å². The molecule has 1 atom stereocenters. The lowest BCUT2D eigenvalue weighted by molar-refractivity contribution is -0.113. The molecule has 0 saturated carbocycles. The van der Waals surface area contributed by atoms with Crippen molar-refractivity contribution in [1.82, 2.24) is 0 Å². The van der Waals surface area contributed by atoms with Gasteiger partial charge in [0.05, 0.1) is 18.8 Å². The molecule has 8 heteroatoms. The number of hydrogen-bond donors (Lipinski definition) is 1. The third-order valence-corrected chi connectivity index (χ3v) is 8.38. The molecule has 1 N–H and O–H groups in total. The summed E-state index contributed by atoms with van der Waals surface area (Å²) in [6.45, 7) is 18.4. The Balaban J connectivity index is 1.35. The number of rotatable bonds is 8. The number of carbonyl (C=O) groups is 1. The Morgan fingerprint density at radius 1 is 1.21 bits per heavy atom. The molecule has 0 unspecified atom stereocenters. The first kappa shape index (κ1) is 33.9. The van der Waals surface area contributed by atoms with E-state index in [2.05, 4.69) is 75.3 Å². The molecule has 3 aliphatic heterocycles. The fraction of sp³-hybridized carbons (Fsp3) is 0.300. The smallest absolute Gasteiger partial charge is 0.205 e. The molecule has 0 aromatic heterocycles. The van der Waals surface area contributed by atoms with Crippen LogP contribution in [0.1, 0.15) is 49.8 Å². The summed E-state index contributed by atoms with van der Waals surface area (Å²) in [4.78, 5) is 27.7. The van der Waals surface area contributed by atoms with E-state index in [1.165, 1.54) is 5.57 Å². The van der Waals surface area contributed by atoms with Crippen LogP contribution in [0.15, 0.2) is 106 Å². The molecule has 2 aromatic rings. The van der Waals surface area contributed by atoms with Crippen LogP contribution < -0.4 is 19.7 Å². The summed E-state index contributed by atoms with van der Waals surface area (Å²) in [5.74, 6) is 8.51. The van der Waals surface area contributed by atoms with Crippen LogP contribution in [-0.2, 0) is 4.79 Å². The van der Waals surface area contributed by atoms with E-state index in [0.717, 1.165) is 70.4 Å². The van der Waals surface area contributed by atoms with Gasteiger partial charge in [0, 0.05) is 54.7 Å². The van der Waals surface area contributed by atoms with E-state index in [9.17, 15) is 4.79 Å². The summed E-state index contributed by atoms with van der Waals surface area (Å²) in [5, 5.41) is 3.53. The average molecular weight is 642 g/mol. The van der Waals surface area contributed by atoms with E-state index in [-0.39, 0.29) is 11.7 Å². The number of ketones is 1. The molecule has 8 nitrogen and oxygen atoms in total. The van der Waals surface area contributed by atoms with Crippen molar-refractivity contribution in [2.24, 2.45) is 20.9 Å². The van der Waals surface area contributed by atoms with Crippen molar-refractivity contribution < 1.29 is 14.3 Å². The highest BCUT2D eigenvalue weighted by Crippen LogP contribution is 2.38. The van der Waals surface area contributed by atoms with Gasteiger partial charge in [-0.2, -0.15) is 0 Å². The fourth-order valence-electron chi connectivity index (χ4n) is 5.93. The van der Waals surface area contributed by atoms with Crippen LogP contribution in [0.4, 0.5) is 11.4 Å². The van der Waals surface area contributed by atoms with Gasteiger partial charge >= 0.3 is 0 Å². The highest BCUT2D eigenvalue weighted by Gasteiger charge is 2.29. The number of nitrogens with one attached hydrogen (secondary N) is 1. The number of benzene rings is 2. The van der Waals surface area contributed by atoms with Crippen LogP contribution in [0.25, 0.3) is 0 Å². The summed E-state index contributed by atoms with van der Waals surface area (Å²) in [6.07, 6.45) is 13.1. The van der Waals surface area contributed by atoms with Gasteiger partial charge in [-0.25, -0.2) is 9.98 Å². The maximum Gasteiger partial charge on any atom is 0.205 e. The van der Waals surface area contributed by atoms with E-state index >= 15 is 0 Å². The molecule has 0 aliphatic carbocycles. The number of aryl methyl sites for hydroxylation is 2. The second kappa shape index (κ2) is 15.9. The van der Waals surface area contributed by atoms with Gasteiger partial charge in [-0.05, 0) is 99.6 Å². The molecule has 0 radical (unpaired) electrons. The van der Waals surface area contributed by atoms with E-state index < -0.39 is 0 Å². The first-order valence-electron chi connectivity index (χ1n) is 16.3. The molecule has 0 saturated heterocycles. The lowest BCUT2D eigenvalue weighted by atomic mass is 9.94.